The standard InChI is InChI=1S/C15H18Cl2N2O3S/c1-23(21,22)19-12-5-11(6-12)18-15(20)14-7-13(14)8-2-9(16)4-10(17)3-8/h2-4,11-14,19H,5-7H2,1H3,(H,18,20). The Hall–Kier alpha value is -0.820. The minimum Gasteiger partial charge on any atom is -0.353 e. The SMILES string of the molecule is CS(=O)(=O)NC1CC(NC(=O)C2CC2c2cc(Cl)cc(Cl)c2)C1. The van der Waals surface area contributed by atoms with Gasteiger partial charge in [0.25, 0.3) is 0 Å². The van der Waals surface area contributed by atoms with Crippen molar-refractivity contribution in [2.75, 3.05) is 6.26 Å². The normalized spacial score (nSPS) is 29.7. The van der Waals surface area contributed by atoms with Gasteiger partial charge in [0.2, 0.25) is 15.9 Å². The summed E-state index contributed by atoms with van der Waals surface area (Å²) < 4.78 is 24.8. The van der Waals surface area contributed by atoms with Crippen molar-refractivity contribution in [1.29, 1.82) is 0 Å². The molecule has 5 nitrogen and oxygen atoms in total. The molecule has 2 aliphatic rings. The Labute approximate surface area is 145 Å². The highest BCUT2D eigenvalue weighted by atomic mass is 35.5. The van der Waals surface area contributed by atoms with E-state index in [4.69, 9.17) is 23.2 Å². The molecule has 2 fully saturated rings. The zero-order chi connectivity index (χ0) is 16.8. The van der Waals surface area contributed by atoms with E-state index in [1.165, 1.54) is 0 Å². The first-order valence-corrected chi connectivity index (χ1v) is 10.1. The lowest BCUT2D eigenvalue weighted by Crippen LogP contribution is -2.53. The lowest BCUT2D eigenvalue weighted by molar-refractivity contribution is -0.123. The smallest absolute Gasteiger partial charge is 0.223 e. The molecule has 0 heterocycles. The van der Waals surface area contributed by atoms with Gasteiger partial charge in [0.05, 0.1) is 6.26 Å². The Morgan fingerprint density at radius 1 is 1.09 bits per heavy atom. The van der Waals surface area contributed by atoms with Crippen LogP contribution >= 0.6 is 23.2 Å². The molecule has 3 rings (SSSR count). The van der Waals surface area contributed by atoms with Crippen LogP contribution in [0.2, 0.25) is 10.0 Å². The first-order valence-electron chi connectivity index (χ1n) is 7.45. The van der Waals surface area contributed by atoms with Crippen molar-refractivity contribution in [3.8, 4) is 0 Å². The van der Waals surface area contributed by atoms with Crippen molar-refractivity contribution >= 4 is 39.1 Å². The molecule has 1 amide bonds. The quantitative estimate of drug-likeness (QED) is 0.827. The van der Waals surface area contributed by atoms with Crippen molar-refractivity contribution in [3.05, 3.63) is 33.8 Å². The van der Waals surface area contributed by atoms with E-state index >= 15 is 0 Å². The summed E-state index contributed by atoms with van der Waals surface area (Å²) >= 11 is 12.0. The molecular weight excluding hydrogens is 359 g/mol. The first-order chi connectivity index (χ1) is 10.7. The van der Waals surface area contributed by atoms with Gasteiger partial charge in [0.1, 0.15) is 0 Å². The highest BCUT2D eigenvalue weighted by Crippen LogP contribution is 2.48. The molecule has 0 aliphatic heterocycles. The lowest BCUT2D eigenvalue weighted by Gasteiger charge is -2.35. The van der Waals surface area contributed by atoms with Gasteiger partial charge in [-0.2, -0.15) is 0 Å². The number of hydrogen-bond acceptors (Lipinski definition) is 3. The summed E-state index contributed by atoms with van der Waals surface area (Å²) in [5.74, 6) is 0.136. The maximum Gasteiger partial charge on any atom is 0.223 e. The Balaban J connectivity index is 1.48. The molecule has 1 aromatic rings. The number of sulfonamides is 1. The lowest BCUT2D eigenvalue weighted by atomic mass is 9.87. The summed E-state index contributed by atoms with van der Waals surface area (Å²) in [5.41, 5.74) is 0.993. The van der Waals surface area contributed by atoms with Crippen molar-refractivity contribution in [2.45, 2.75) is 37.3 Å². The van der Waals surface area contributed by atoms with Crippen LogP contribution < -0.4 is 10.0 Å². The summed E-state index contributed by atoms with van der Waals surface area (Å²) in [6.45, 7) is 0. The molecule has 0 bridgehead atoms. The minimum atomic E-state index is -3.18. The summed E-state index contributed by atoms with van der Waals surface area (Å²) in [7, 11) is -3.18. The molecule has 126 valence electrons. The number of carbonyl (C=O) groups excluding carboxylic acids is 1. The average molecular weight is 377 g/mol. The van der Waals surface area contributed by atoms with Crippen molar-refractivity contribution in [2.24, 2.45) is 5.92 Å². The number of amides is 1. The highest BCUT2D eigenvalue weighted by molar-refractivity contribution is 7.88. The molecule has 8 heteroatoms. The maximum absolute atomic E-state index is 12.2. The molecule has 0 saturated heterocycles. The fraction of sp³-hybridized carbons (Fsp3) is 0.533. The van der Waals surface area contributed by atoms with E-state index in [0.717, 1.165) is 18.2 Å². The molecule has 2 N–H and O–H groups in total. The highest BCUT2D eigenvalue weighted by Gasteiger charge is 2.45. The van der Waals surface area contributed by atoms with Crippen LogP contribution in [-0.4, -0.2) is 32.7 Å². The van der Waals surface area contributed by atoms with Crippen molar-refractivity contribution in [1.82, 2.24) is 10.0 Å². The Kier molecular flexibility index (Phi) is 4.62. The molecular formula is C15H18Cl2N2O3S. The molecule has 1 aromatic carbocycles. The molecule has 2 aliphatic carbocycles. The van der Waals surface area contributed by atoms with Crippen molar-refractivity contribution in [3.63, 3.8) is 0 Å². The van der Waals surface area contributed by atoms with Gasteiger partial charge in [-0.15, -0.1) is 0 Å². The number of nitrogens with one attached hydrogen (secondary N) is 2. The fourth-order valence-corrected chi connectivity index (χ4v) is 4.43. The maximum atomic E-state index is 12.2. The van der Waals surface area contributed by atoms with E-state index in [1.54, 1.807) is 6.07 Å². The van der Waals surface area contributed by atoms with Gasteiger partial charge in [-0.1, -0.05) is 23.2 Å². The second-order valence-corrected chi connectivity index (χ2v) is 9.07. The van der Waals surface area contributed by atoms with Gasteiger partial charge < -0.3 is 5.32 Å². The van der Waals surface area contributed by atoms with Crippen LogP contribution in [0.4, 0.5) is 0 Å². The summed E-state index contributed by atoms with van der Waals surface area (Å²) in [6, 6.07) is 5.34. The van der Waals surface area contributed by atoms with Crippen molar-refractivity contribution < 1.29 is 13.2 Å². The van der Waals surface area contributed by atoms with Crippen LogP contribution in [0.3, 0.4) is 0 Å². The second kappa shape index (κ2) is 6.24. The van der Waals surface area contributed by atoms with Gasteiger partial charge in [-0.25, -0.2) is 13.1 Å². The predicted octanol–water partition coefficient (Wildman–Crippen LogP) is 2.29. The first kappa shape index (κ1) is 17.0. The number of carbonyl (C=O) groups is 1. The largest absolute Gasteiger partial charge is 0.353 e. The monoisotopic (exact) mass is 376 g/mol. The summed E-state index contributed by atoms with van der Waals surface area (Å²) in [5, 5.41) is 4.14. The topological polar surface area (TPSA) is 75.3 Å². The van der Waals surface area contributed by atoms with Crippen LogP contribution in [0.1, 0.15) is 30.7 Å². The average Bonchev–Trinajstić information content (AvgIpc) is 3.13. The Morgan fingerprint density at radius 2 is 1.70 bits per heavy atom. The molecule has 0 aromatic heterocycles. The second-order valence-electron chi connectivity index (χ2n) is 6.42. The molecule has 23 heavy (non-hydrogen) atoms. The predicted molar refractivity (Wildman–Crippen MR) is 90.2 cm³/mol. The third kappa shape index (κ3) is 4.38. The third-order valence-corrected chi connectivity index (χ3v) is 5.50. The van der Waals surface area contributed by atoms with Gasteiger partial charge in [0, 0.05) is 28.0 Å². The van der Waals surface area contributed by atoms with E-state index in [0.29, 0.717) is 22.9 Å². The summed E-state index contributed by atoms with van der Waals surface area (Å²) in [6.07, 6.45) is 3.21. The van der Waals surface area contributed by atoms with Crippen LogP contribution in [0.15, 0.2) is 18.2 Å². The van der Waals surface area contributed by atoms with Gasteiger partial charge >= 0.3 is 0 Å². The summed E-state index contributed by atoms with van der Waals surface area (Å²) in [4.78, 5) is 12.2. The third-order valence-electron chi connectivity index (χ3n) is 4.31. The molecule has 2 unspecified atom stereocenters. The Bertz CT molecular complexity index is 712. The van der Waals surface area contributed by atoms with Crippen LogP contribution in [-0.2, 0) is 14.8 Å². The van der Waals surface area contributed by atoms with Crippen LogP contribution in [0.25, 0.3) is 0 Å². The Morgan fingerprint density at radius 3 is 2.26 bits per heavy atom. The zero-order valence-electron chi connectivity index (χ0n) is 12.6. The van der Waals surface area contributed by atoms with Gasteiger partial charge in [0.15, 0.2) is 0 Å². The molecule has 2 saturated carbocycles. The number of benzene rings is 1. The zero-order valence-corrected chi connectivity index (χ0v) is 14.9. The number of hydrogen-bond donors (Lipinski definition) is 2. The molecule has 0 radical (unpaired) electrons. The number of rotatable bonds is 5. The van der Waals surface area contributed by atoms with Gasteiger partial charge in [-0.05, 0) is 48.9 Å². The van der Waals surface area contributed by atoms with E-state index in [1.807, 2.05) is 12.1 Å². The van der Waals surface area contributed by atoms with E-state index in [9.17, 15) is 13.2 Å². The minimum absolute atomic E-state index is 0.0221. The van der Waals surface area contributed by atoms with Crippen LogP contribution in [0.5, 0.6) is 0 Å². The van der Waals surface area contributed by atoms with E-state index in [-0.39, 0.29) is 29.8 Å². The fourth-order valence-electron chi connectivity index (χ4n) is 3.09. The van der Waals surface area contributed by atoms with E-state index in [2.05, 4.69) is 10.0 Å². The number of halogens is 2. The van der Waals surface area contributed by atoms with Gasteiger partial charge in [-0.3, -0.25) is 4.79 Å². The van der Waals surface area contributed by atoms with Crippen LogP contribution in [0, 0.1) is 5.92 Å². The molecule has 0 spiro atoms. The van der Waals surface area contributed by atoms with E-state index < -0.39 is 10.0 Å². The molecule has 2 atom stereocenters.